The van der Waals surface area contributed by atoms with Crippen molar-refractivity contribution in [3.63, 3.8) is 0 Å². The van der Waals surface area contributed by atoms with Gasteiger partial charge in [-0.15, -0.1) is 5.10 Å². The molecule has 2 heterocycles. The zero-order valence-corrected chi connectivity index (χ0v) is 15.9. The first-order valence-electron chi connectivity index (χ1n) is 9.12. The molecule has 0 aliphatic carbocycles. The highest BCUT2D eigenvalue weighted by Crippen LogP contribution is 2.22. The van der Waals surface area contributed by atoms with Crippen molar-refractivity contribution in [3.8, 4) is 23.1 Å². The predicted molar refractivity (Wildman–Crippen MR) is 107 cm³/mol. The van der Waals surface area contributed by atoms with Gasteiger partial charge < -0.3 is 9.15 Å². The molecule has 8 heteroatoms. The quantitative estimate of drug-likeness (QED) is 0.519. The maximum atomic E-state index is 12.4. The van der Waals surface area contributed by atoms with Crippen molar-refractivity contribution in [3.05, 3.63) is 72.4 Å². The van der Waals surface area contributed by atoms with Crippen LogP contribution in [0.4, 0.5) is 6.01 Å². The van der Waals surface area contributed by atoms with E-state index in [-0.39, 0.29) is 23.9 Å². The average Bonchev–Trinajstić information content (AvgIpc) is 3.39. The van der Waals surface area contributed by atoms with E-state index in [4.69, 9.17) is 9.15 Å². The number of nitrogens with one attached hydrogen (secondary N) is 1. The smallest absolute Gasteiger partial charge is 0.322 e. The third-order valence-corrected chi connectivity index (χ3v) is 4.10. The summed E-state index contributed by atoms with van der Waals surface area (Å²) in [6.07, 6.45) is 1.83. The van der Waals surface area contributed by atoms with Gasteiger partial charge in [0.15, 0.2) is 0 Å². The number of carbonyl (C=O) groups excluding carboxylic acids is 1. The Balaban J connectivity index is 1.41. The van der Waals surface area contributed by atoms with E-state index in [1.807, 2.05) is 50.4 Å². The highest BCUT2D eigenvalue weighted by molar-refractivity contribution is 6.03. The largest absolute Gasteiger partial charge is 0.457 e. The Morgan fingerprint density at radius 3 is 2.41 bits per heavy atom. The van der Waals surface area contributed by atoms with E-state index in [0.717, 1.165) is 5.75 Å². The van der Waals surface area contributed by atoms with Gasteiger partial charge in [0.2, 0.25) is 0 Å². The van der Waals surface area contributed by atoms with Crippen LogP contribution >= 0.6 is 0 Å². The highest BCUT2D eigenvalue weighted by atomic mass is 16.5. The maximum absolute atomic E-state index is 12.4. The molecule has 0 unspecified atom stereocenters. The van der Waals surface area contributed by atoms with Crippen LogP contribution in [0.2, 0.25) is 0 Å². The molecule has 0 atom stereocenters. The van der Waals surface area contributed by atoms with Crippen LogP contribution in [0.1, 0.15) is 30.2 Å². The number of nitrogens with zero attached hydrogens (tertiary/aromatic N) is 4. The first kappa shape index (κ1) is 18.4. The van der Waals surface area contributed by atoms with Crippen LogP contribution in [0.5, 0.6) is 11.5 Å². The monoisotopic (exact) mass is 389 g/mol. The molecule has 146 valence electrons. The summed E-state index contributed by atoms with van der Waals surface area (Å²) in [6.45, 7) is 4.04. The molecule has 29 heavy (non-hydrogen) atoms. The van der Waals surface area contributed by atoms with Crippen molar-refractivity contribution in [1.82, 2.24) is 20.0 Å². The number of hydrogen-bond donors (Lipinski definition) is 1. The van der Waals surface area contributed by atoms with Crippen LogP contribution < -0.4 is 10.1 Å². The van der Waals surface area contributed by atoms with Crippen molar-refractivity contribution in [2.45, 2.75) is 19.9 Å². The lowest BCUT2D eigenvalue weighted by Crippen LogP contribution is -2.11. The number of amides is 1. The van der Waals surface area contributed by atoms with Gasteiger partial charge in [-0.1, -0.05) is 23.3 Å². The van der Waals surface area contributed by atoms with Crippen LogP contribution in [0.15, 0.2) is 71.3 Å². The van der Waals surface area contributed by atoms with E-state index in [0.29, 0.717) is 17.0 Å². The van der Waals surface area contributed by atoms with Crippen LogP contribution in [-0.2, 0) is 0 Å². The second-order valence-corrected chi connectivity index (χ2v) is 6.58. The molecule has 0 fully saturated rings. The Kier molecular flexibility index (Phi) is 5.07. The number of aromatic nitrogens is 4. The summed E-state index contributed by atoms with van der Waals surface area (Å²) >= 11 is 0. The van der Waals surface area contributed by atoms with E-state index >= 15 is 0 Å². The predicted octanol–water partition coefficient (Wildman–Crippen LogP) is 4.56. The van der Waals surface area contributed by atoms with Gasteiger partial charge >= 0.3 is 6.01 Å². The lowest BCUT2D eigenvalue weighted by Gasteiger charge is -2.06. The summed E-state index contributed by atoms with van der Waals surface area (Å²) < 4.78 is 13.0. The summed E-state index contributed by atoms with van der Waals surface area (Å²) in [5.74, 6) is 1.24. The molecule has 4 rings (SSSR count). The van der Waals surface area contributed by atoms with Gasteiger partial charge in [0.25, 0.3) is 11.8 Å². The first-order valence-corrected chi connectivity index (χ1v) is 9.12. The maximum Gasteiger partial charge on any atom is 0.322 e. The molecule has 1 N–H and O–H groups in total. The van der Waals surface area contributed by atoms with Gasteiger partial charge in [-0.2, -0.15) is 5.10 Å². The van der Waals surface area contributed by atoms with E-state index < -0.39 is 0 Å². The van der Waals surface area contributed by atoms with E-state index in [9.17, 15) is 4.79 Å². The van der Waals surface area contributed by atoms with Gasteiger partial charge in [0.1, 0.15) is 17.2 Å². The molecule has 0 bridgehead atoms. The molecule has 0 aliphatic heterocycles. The molecule has 1 amide bonds. The third kappa shape index (κ3) is 4.32. The molecular weight excluding hydrogens is 370 g/mol. The van der Waals surface area contributed by atoms with Crippen molar-refractivity contribution in [2.75, 3.05) is 5.32 Å². The second kappa shape index (κ2) is 7.97. The van der Waals surface area contributed by atoms with Crippen LogP contribution in [0, 0.1) is 0 Å². The van der Waals surface area contributed by atoms with Gasteiger partial charge in [-0.3, -0.25) is 14.8 Å². The van der Waals surface area contributed by atoms with Crippen molar-refractivity contribution >= 4 is 11.9 Å². The zero-order chi connectivity index (χ0) is 20.2. The lowest BCUT2D eigenvalue weighted by molar-refractivity contribution is 0.102. The van der Waals surface area contributed by atoms with Crippen LogP contribution in [-0.4, -0.2) is 25.9 Å². The SMILES string of the molecule is CC(C)n1ccc(-c2nnc(NC(=O)c3ccc(Oc4ccccc4)cc3)o2)n1. The fourth-order valence-corrected chi connectivity index (χ4v) is 2.59. The van der Waals surface area contributed by atoms with Crippen LogP contribution in [0.25, 0.3) is 11.6 Å². The number of hydrogen-bond acceptors (Lipinski definition) is 6. The minimum atomic E-state index is -0.362. The summed E-state index contributed by atoms with van der Waals surface area (Å²) in [4.78, 5) is 12.4. The fourth-order valence-electron chi connectivity index (χ4n) is 2.59. The molecule has 0 radical (unpaired) electrons. The standard InChI is InChI=1S/C21H19N5O3/c1-14(2)26-13-12-18(25-26)20-23-24-21(29-20)22-19(27)15-8-10-17(11-9-15)28-16-6-4-3-5-7-16/h3-14H,1-2H3,(H,22,24,27). The van der Waals surface area contributed by atoms with Crippen LogP contribution in [0.3, 0.4) is 0 Å². The average molecular weight is 389 g/mol. The van der Waals surface area contributed by atoms with E-state index in [1.54, 1.807) is 35.0 Å². The molecule has 2 aromatic carbocycles. The Labute approximate surface area is 167 Å². The topological polar surface area (TPSA) is 95.1 Å². The number of ether oxygens (including phenoxy) is 1. The molecule has 0 aliphatic rings. The fraction of sp³-hybridized carbons (Fsp3) is 0.143. The molecule has 4 aromatic rings. The van der Waals surface area contributed by atoms with Crippen molar-refractivity contribution in [1.29, 1.82) is 0 Å². The van der Waals surface area contributed by atoms with Crippen molar-refractivity contribution in [2.24, 2.45) is 0 Å². The molecular formula is C21H19N5O3. The molecule has 0 spiro atoms. The third-order valence-electron chi connectivity index (χ3n) is 4.10. The summed E-state index contributed by atoms with van der Waals surface area (Å²) in [7, 11) is 0. The Hall–Kier alpha value is -3.94. The second-order valence-electron chi connectivity index (χ2n) is 6.58. The Morgan fingerprint density at radius 2 is 1.72 bits per heavy atom. The number of benzene rings is 2. The minimum absolute atomic E-state index is 0.00806. The molecule has 0 saturated heterocycles. The summed E-state index contributed by atoms with van der Waals surface area (Å²) in [6, 6.07) is 18.2. The number of carbonyl (C=O) groups is 1. The van der Waals surface area contributed by atoms with Crippen molar-refractivity contribution < 1.29 is 13.9 Å². The minimum Gasteiger partial charge on any atom is -0.457 e. The molecule has 0 saturated carbocycles. The van der Waals surface area contributed by atoms with Gasteiger partial charge in [-0.05, 0) is 56.3 Å². The van der Waals surface area contributed by atoms with E-state index in [1.165, 1.54) is 0 Å². The zero-order valence-electron chi connectivity index (χ0n) is 15.9. The summed E-state index contributed by atoms with van der Waals surface area (Å²) in [5.41, 5.74) is 0.989. The molecule has 2 aromatic heterocycles. The summed E-state index contributed by atoms with van der Waals surface area (Å²) in [5, 5.41) is 14.8. The Morgan fingerprint density at radius 1 is 1.00 bits per heavy atom. The highest BCUT2D eigenvalue weighted by Gasteiger charge is 2.15. The lowest BCUT2D eigenvalue weighted by atomic mass is 10.2. The number of para-hydroxylation sites is 1. The number of rotatable bonds is 6. The first-order chi connectivity index (χ1) is 14.1. The normalized spacial score (nSPS) is 10.9. The number of anilines is 1. The van der Waals surface area contributed by atoms with Gasteiger partial charge in [0, 0.05) is 17.8 Å². The van der Waals surface area contributed by atoms with Gasteiger partial charge in [-0.25, -0.2) is 0 Å². The van der Waals surface area contributed by atoms with E-state index in [2.05, 4.69) is 20.6 Å². The Bertz CT molecular complexity index is 1100. The molecule has 8 nitrogen and oxygen atoms in total. The van der Waals surface area contributed by atoms with Gasteiger partial charge in [0.05, 0.1) is 0 Å².